The minimum absolute atomic E-state index is 0.224. The lowest BCUT2D eigenvalue weighted by atomic mass is 10.0. The molecule has 0 unspecified atom stereocenters. The summed E-state index contributed by atoms with van der Waals surface area (Å²) >= 11 is 0. The number of para-hydroxylation sites is 1. The molecule has 2 aromatic carbocycles. The molecule has 0 atom stereocenters. The Morgan fingerprint density at radius 3 is 2.21 bits per heavy atom. The maximum atomic E-state index is 13.3. The second-order valence-electron chi connectivity index (χ2n) is 7.00. The molecule has 0 aliphatic carbocycles. The van der Waals surface area contributed by atoms with Crippen LogP contribution in [0.4, 0.5) is 0 Å². The highest BCUT2D eigenvalue weighted by Gasteiger charge is 2.43. The highest BCUT2D eigenvalue weighted by atomic mass is 16.5. The van der Waals surface area contributed by atoms with E-state index >= 15 is 0 Å². The SMILES string of the molecule is CCN(Cc1ccccc1)C1=C(c2ccccc2OC)C(=O)N(C(C)C)C1=O. The van der Waals surface area contributed by atoms with Crippen molar-refractivity contribution >= 4 is 17.4 Å². The first kappa shape index (κ1) is 19.7. The summed E-state index contributed by atoms with van der Waals surface area (Å²) in [6.45, 7) is 6.85. The van der Waals surface area contributed by atoms with Crippen molar-refractivity contribution in [2.24, 2.45) is 0 Å². The first-order valence-corrected chi connectivity index (χ1v) is 9.54. The van der Waals surface area contributed by atoms with Crippen LogP contribution in [-0.4, -0.2) is 41.3 Å². The van der Waals surface area contributed by atoms with Crippen molar-refractivity contribution in [3.8, 4) is 5.75 Å². The van der Waals surface area contributed by atoms with Gasteiger partial charge >= 0.3 is 0 Å². The van der Waals surface area contributed by atoms with Crippen molar-refractivity contribution in [2.45, 2.75) is 33.4 Å². The molecular formula is C23H26N2O3. The summed E-state index contributed by atoms with van der Waals surface area (Å²) < 4.78 is 5.48. The minimum Gasteiger partial charge on any atom is -0.496 e. The number of benzene rings is 2. The van der Waals surface area contributed by atoms with Crippen molar-refractivity contribution in [1.82, 2.24) is 9.80 Å². The third-order valence-electron chi connectivity index (χ3n) is 4.90. The molecule has 2 amide bonds. The molecule has 0 N–H and O–H groups in total. The topological polar surface area (TPSA) is 49.9 Å². The van der Waals surface area contributed by atoms with Gasteiger partial charge in [-0.1, -0.05) is 48.5 Å². The molecule has 0 spiro atoms. The van der Waals surface area contributed by atoms with Crippen LogP contribution in [0.5, 0.6) is 5.75 Å². The van der Waals surface area contributed by atoms with E-state index in [0.717, 1.165) is 5.56 Å². The second kappa shape index (κ2) is 8.30. The fraction of sp³-hybridized carbons (Fsp3) is 0.304. The van der Waals surface area contributed by atoms with Crippen LogP contribution in [0.15, 0.2) is 60.3 Å². The summed E-state index contributed by atoms with van der Waals surface area (Å²) in [7, 11) is 1.57. The number of imide groups is 1. The lowest BCUT2D eigenvalue weighted by Crippen LogP contribution is -2.39. The average Bonchev–Trinajstić information content (AvgIpc) is 2.97. The molecule has 28 heavy (non-hydrogen) atoms. The largest absolute Gasteiger partial charge is 0.496 e. The maximum Gasteiger partial charge on any atom is 0.278 e. The monoisotopic (exact) mass is 378 g/mol. The number of likely N-dealkylation sites (N-methyl/N-ethyl adjacent to an activating group) is 1. The van der Waals surface area contributed by atoms with Gasteiger partial charge in [0.1, 0.15) is 11.4 Å². The van der Waals surface area contributed by atoms with Crippen LogP contribution in [0, 0.1) is 0 Å². The third-order valence-corrected chi connectivity index (χ3v) is 4.90. The van der Waals surface area contributed by atoms with Crippen LogP contribution in [-0.2, 0) is 16.1 Å². The van der Waals surface area contributed by atoms with Crippen LogP contribution >= 0.6 is 0 Å². The Balaban J connectivity index is 2.16. The van der Waals surface area contributed by atoms with E-state index in [0.29, 0.717) is 35.7 Å². The molecule has 0 fully saturated rings. The van der Waals surface area contributed by atoms with Gasteiger partial charge in [0.15, 0.2) is 0 Å². The molecule has 0 aromatic heterocycles. The predicted octanol–water partition coefficient (Wildman–Crippen LogP) is 3.71. The Morgan fingerprint density at radius 1 is 0.964 bits per heavy atom. The van der Waals surface area contributed by atoms with Gasteiger partial charge in [0.05, 0.1) is 12.7 Å². The van der Waals surface area contributed by atoms with E-state index < -0.39 is 0 Å². The van der Waals surface area contributed by atoms with Crippen LogP contribution in [0.1, 0.15) is 31.9 Å². The van der Waals surface area contributed by atoms with Gasteiger partial charge in [-0.25, -0.2) is 0 Å². The Hall–Kier alpha value is -3.08. The summed E-state index contributed by atoms with van der Waals surface area (Å²) in [6, 6.07) is 17.1. The number of carbonyl (C=O) groups excluding carboxylic acids is 2. The molecule has 5 nitrogen and oxygen atoms in total. The fourth-order valence-corrected chi connectivity index (χ4v) is 3.54. The number of rotatable bonds is 7. The van der Waals surface area contributed by atoms with E-state index in [9.17, 15) is 9.59 Å². The van der Waals surface area contributed by atoms with E-state index in [-0.39, 0.29) is 17.9 Å². The van der Waals surface area contributed by atoms with Crippen LogP contribution < -0.4 is 4.74 Å². The molecule has 1 heterocycles. The van der Waals surface area contributed by atoms with E-state index in [1.807, 2.05) is 80.3 Å². The zero-order chi connectivity index (χ0) is 20.3. The number of amides is 2. The number of methoxy groups -OCH3 is 1. The van der Waals surface area contributed by atoms with Gasteiger partial charge in [0, 0.05) is 24.7 Å². The first-order valence-electron chi connectivity index (χ1n) is 9.54. The van der Waals surface area contributed by atoms with E-state index in [1.165, 1.54) is 4.90 Å². The van der Waals surface area contributed by atoms with Crippen molar-refractivity contribution in [2.75, 3.05) is 13.7 Å². The molecule has 1 aliphatic rings. The highest BCUT2D eigenvalue weighted by molar-refractivity contribution is 6.36. The minimum atomic E-state index is -0.272. The van der Waals surface area contributed by atoms with Gasteiger partial charge in [-0.05, 0) is 32.4 Å². The molecule has 2 aromatic rings. The van der Waals surface area contributed by atoms with Gasteiger partial charge in [0.25, 0.3) is 11.8 Å². The van der Waals surface area contributed by atoms with Crippen LogP contribution in [0.25, 0.3) is 5.57 Å². The molecule has 0 saturated carbocycles. The van der Waals surface area contributed by atoms with Gasteiger partial charge in [0.2, 0.25) is 0 Å². The van der Waals surface area contributed by atoms with Crippen LogP contribution in [0.3, 0.4) is 0 Å². The summed E-state index contributed by atoms with van der Waals surface area (Å²) in [6.07, 6.45) is 0. The maximum absolute atomic E-state index is 13.3. The summed E-state index contributed by atoms with van der Waals surface area (Å²) in [5.74, 6) is 0.0576. The van der Waals surface area contributed by atoms with Gasteiger partial charge in [-0.3, -0.25) is 14.5 Å². The smallest absolute Gasteiger partial charge is 0.278 e. The summed E-state index contributed by atoms with van der Waals surface area (Å²) in [5, 5.41) is 0. The normalized spacial score (nSPS) is 14.2. The highest BCUT2D eigenvalue weighted by Crippen LogP contribution is 2.37. The second-order valence-corrected chi connectivity index (χ2v) is 7.00. The van der Waals surface area contributed by atoms with E-state index in [2.05, 4.69) is 0 Å². The zero-order valence-corrected chi connectivity index (χ0v) is 16.8. The number of nitrogens with zero attached hydrogens (tertiary/aromatic N) is 2. The Morgan fingerprint density at radius 2 is 1.61 bits per heavy atom. The molecule has 5 heteroatoms. The number of carbonyl (C=O) groups is 2. The molecule has 1 aliphatic heterocycles. The quantitative estimate of drug-likeness (QED) is 0.689. The van der Waals surface area contributed by atoms with Crippen molar-refractivity contribution < 1.29 is 14.3 Å². The lowest BCUT2D eigenvalue weighted by Gasteiger charge is -2.26. The van der Waals surface area contributed by atoms with Gasteiger partial charge < -0.3 is 9.64 Å². The van der Waals surface area contributed by atoms with Gasteiger partial charge in [-0.2, -0.15) is 0 Å². The summed E-state index contributed by atoms with van der Waals surface area (Å²) in [4.78, 5) is 29.9. The zero-order valence-electron chi connectivity index (χ0n) is 16.8. The molecule has 0 bridgehead atoms. The lowest BCUT2D eigenvalue weighted by molar-refractivity contribution is -0.139. The Labute approximate surface area is 166 Å². The van der Waals surface area contributed by atoms with Gasteiger partial charge in [-0.15, -0.1) is 0 Å². The van der Waals surface area contributed by atoms with Crippen LogP contribution in [0.2, 0.25) is 0 Å². The fourth-order valence-electron chi connectivity index (χ4n) is 3.54. The van der Waals surface area contributed by atoms with Crippen molar-refractivity contribution in [3.05, 3.63) is 71.4 Å². The van der Waals surface area contributed by atoms with E-state index in [1.54, 1.807) is 7.11 Å². The Bertz CT molecular complexity index is 903. The molecular weight excluding hydrogens is 352 g/mol. The van der Waals surface area contributed by atoms with E-state index in [4.69, 9.17) is 4.74 Å². The molecule has 0 saturated heterocycles. The summed E-state index contributed by atoms with van der Waals surface area (Å²) in [5.41, 5.74) is 2.58. The molecule has 146 valence electrons. The van der Waals surface area contributed by atoms with Crippen molar-refractivity contribution in [1.29, 1.82) is 0 Å². The molecule has 3 rings (SSSR count). The Kier molecular flexibility index (Phi) is 5.83. The number of hydrogen-bond donors (Lipinski definition) is 0. The number of hydrogen-bond acceptors (Lipinski definition) is 4. The standard InChI is InChI=1S/C23H26N2O3/c1-5-24(15-17-11-7-6-8-12-17)21-20(18-13-9-10-14-19(18)28-4)22(26)25(16(2)3)23(21)27/h6-14,16H,5,15H2,1-4H3. The first-order chi connectivity index (χ1) is 13.5. The average molecular weight is 378 g/mol. The third kappa shape index (κ3) is 3.52. The van der Waals surface area contributed by atoms with Crippen molar-refractivity contribution in [3.63, 3.8) is 0 Å². The predicted molar refractivity (Wildman–Crippen MR) is 109 cm³/mol. The number of ether oxygens (including phenoxy) is 1. The molecule has 0 radical (unpaired) electrons.